The van der Waals surface area contributed by atoms with Gasteiger partial charge in [0.2, 0.25) is 0 Å². The first-order valence-electron chi connectivity index (χ1n) is 13.7. The number of nitrogens with one attached hydrogen (secondary N) is 3. The van der Waals surface area contributed by atoms with E-state index in [2.05, 4.69) is 21.7 Å². The first-order valence-corrected chi connectivity index (χ1v) is 14.1. The van der Waals surface area contributed by atoms with Gasteiger partial charge in [-0.3, -0.25) is 4.79 Å². The molecule has 0 saturated heterocycles. The lowest BCUT2D eigenvalue weighted by Crippen LogP contribution is -2.43. The largest absolute Gasteiger partial charge is 0.362 e. The number of rotatable bonds is 5. The summed E-state index contributed by atoms with van der Waals surface area (Å²) >= 11 is 7.09. The molecule has 0 fully saturated rings. The number of Topliss-reactive ketones (excluding diaryl/α,β-unsaturated/α-hetero) is 1. The van der Waals surface area contributed by atoms with Crippen molar-refractivity contribution in [3.05, 3.63) is 130 Å². The number of halogens is 1. The van der Waals surface area contributed by atoms with Crippen LogP contribution in [-0.4, -0.2) is 21.5 Å². The van der Waals surface area contributed by atoms with Gasteiger partial charge in [0.05, 0.1) is 29.1 Å². The number of nitrogens with zero attached hydrogens (tertiary/aromatic N) is 2. The standard InChI is InChI=1S/C33H30ClN5O2/c1-19-11-10-16-35-32(19)37-33(41)28-20(2)36-25-17-23(22-12-6-4-7-13-22)18-26(40)29(25)30(28)27-21(3)38-39(31(27)34)24-14-8-5-9-15-24/h4-17,23,29-30,36H,18H2,1-3H3,(H,35,37,41)/p+1. The zero-order valence-electron chi connectivity index (χ0n) is 23.1. The molecule has 1 amide bonds. The summed E-state index contributed by atoms with van der Waals surface area (Å²) in [4.78, 5) is 31.2. The summed E-state index contributed by atoms with van der Waals surface area (Å²) in [7, 11) is 0. The number of ketones is 1. The molecule has 6 rings (SSSR count). The van der Waals surface area contributed by atoms with Gasteiger partial charge >= 0.3 is 5.91 Å². The van der Waals surface area contributed by atoms with Crippen molar-refractivity contribution in [1.82, 2.24) is 15.1 Å². The van der Waals surface area contributed by atoms with E-state index in [1.165, 1.54) is 0 Å². The molecule has 3 heterocycles. The number of aromatic amines is 1. The fourth-order valence-electron chi connectivity index (χ4n) is 6.04. The summed E-state index contributed by atoms with van der Waals surface area (Å²) in [5.74, 6) is -0.940. The molecule has 7 nitrogen and oxygen atoms in total. The SMILES string of the molecule is CC1=C(C(=O)Nc2[nH+]cccc2C)C(c2c(C)nn(-c3ccccc3)c2Cl)C2C(=O)CC(c3ccccc3)C=C2N1. The molecule has 0 saturated carbocycles. The number of fused-ring (bicyclic) bond motifs is 1. The number of anilines is 1. The van der Waals surface area contributed by atoms with Crippen LogP contribution in [-0.2, 0) is 9.59 Å². The fourth-order valence-corrected chi connectivity index (χ4v) is 6.43. The number of aromatic nitrogens is 3. The number of pyridine rings is 1. The topological polar surface area (TPSA) is 90.2 Å². The van der Waals surface area contributed by atoms with Crippen LogP contribution in [0.15, 0.2) is 102 Å². The van der Waals surface area contributed by atoms with Gasteiger partial charge in [-0.1, -0.05) is 66.2 Å². The molecule has 8 heteroatoms. The van der Waals surface area contributed by atoms with Gasteiger partial charge in [0, 0.05) is 40.8 Å². The lowest BCUT2D eigenvalue weighted by Gasteiger charge is -2.39. The molecule has 1 aliphatic heterocycles. The Morgan fingerprint density at radius 3 is 2.41 bits per heavy atom. The third kappa shape index (κ3) is 4.87. The Bertz CT molecular complexity index is 1710. The van der Waals surface area contributed by atoms with Crippen LogP contribution >= 0.6 is 11.6 Å². The minimum absolute atomic E-state index is 0.0528. The van der Waals surface area contributed by atoms with Crippen LogP contribution < -0.4 is 15.6 Å². The molecule has 3 unspecified atom stereocenters. The van der Waals surface area contributed by atoms with Crippen molar-refractivity contribution < 1.29 is 14.6 Å². The molecular formula is C33H31ClN5O2+. The number of hydrogen-bond donors (Lipinski definition) is 2. The number of carbonyl (C=O) groups excluding carboxylic acids is 2. The van der Waals surface area contributed by atoms with Gasteiger partial charge in [0.15, 0.2) is 0 Å². The Morgan fingerprint density at radius 1 is 1.00 bits per heavy atom. The number of amides is 1. The summed E-state index contributed by atoms with van der Waals surface area (Å²) < 4.78 is 1.68. The maximum atomic E-state index is 14.1. The third-order valence-electron chi connectivity index (χ3n) is 8.00. The molecule has 0 radical (unpaired) electrons. The number of hydrogen-bond acceptors (Lipinski definition) is 4. The Morgan fingerprint density at radius 2 is 1.71 bits per heavy atom. The molecular weight excluding hydrogens is 534 g/mol. The average molecular weight is 565 g/mol. The highest BCUT2D eigenvalue weighted by Crippen LogP contribution is 2.48. The molecule has 206 valence electrons. The lowest BCUT2D eigenvalue weighted by atomic mass is 9.68. The van der Waals surface area contributed by atoms with Crippen LogP contribution in [0.4, 0.5) is 5.82 Å². The Kier molecular flexibility index (Phi) is 7.05. The van der Waals surface area contributed by atoms with E-state index in [0.717, 1.165) is 22.5 Å². The molecule has 1 aliphatic carbocycles. The molecule has 3 N–H and O–H groups in total. The zero-order valence-corrected chi connectivity index (χ0v) is 23.9. The molecule has 2 aliphatic rings. The summed E-state index contributed by atoms with van der Waals surface area (Å²) in [5, 5.41) is 11.6. The molecule has 2 aromatic heterocycles. The summed E-state index contributed by atoms with van der Waals surface area (Å²) in [6.07, 6.45) is 4.23. The van der Waals surface area contributed by atoms with E-state index in [1.807, 2.05) is 93.6 Å². The van der Waals surface area contributed by atoms with Gasteiger partial charge in [-0.25, -0.2) is 19.8 Å². The van der Waals surface area contributed by atoms with Gasteiger partial charge in [-0.05, 0) is 50.6 Å². The Balaban J connectivity index is 1.51. The summed E-state index contributed by atoms with van der Waals surface area (Å²) in [6.45, 7) is 5.68. The highest BCUT2D eigenvalue weighted by Gasteiger charge is 2.47. The van der Waals surface area contributed by atoms with Crippen molar-refractivity contribution in [2.45, 2.75) is 39.0 Å². The Hall–Kier alpha value is -4.49. The van der Waals surface area contributed by atoms with E-state index in [1.54, 1.807) is 10.9 Å². The molecule has 0 spiro atoms. The number of para-hydroxylation sites is 1. The highest BCUT2D eigenvalue weighted by atomic mass is 35.5. The molecule has 0 bridgehead atoms. The second-order valence-corrected chi connectivity index (χ2v) is 11.0. The molecule has 41 heavy (non-hydrogen) atoms. The normalized spacial score (nSPS) is 20.2. The monoisotopic (exact) mass is 564 g/mol. The predicted octanol–water partition coefficient (Wildman–Crippen LogP) is 5.81. The molecule has 4 aromatic rings. The van der Waals surface area contributed by atoms with Crippen molar-refractivity contribution in [3.8, 4) is 5.69 Å². The number of H-pyrrole nitrogens is 1. The van der Waals surface area contributed by atoms with E-state index in [4.69, 9.17) is 16.7 Å². The van der Waals surface area contributed by atoms with E-state index in [9.17, 15) is 9.59 Å². The minimum Gasteiger partial charge on any atom is -0.362 e. The lowest BCUT2D eigenvalue weighted by molar-refractivity contribution is -0.361. The highest BCUT2D eigenvalue weighted by molar-refractivity contribution is 6.31. The van der Waals surface area contributed by atoms with Crippen LogP contribution in [0.5, 0.6) is 0 Å². The van der Waals surface area contributed by atoms with Gasteiger partial charge < -0.3 is 5.32 Å². The van der Waals surface area contributed by atoms with Crippen LogP contribution in [0.3, 0.4) is 0 Å². The average Bonchev–Trinajstić information content (AvgIpc) is 3.27. The molecule has 2 aromatic carbocycles. The van der Waals surface area contributed by atoms with Crippen LogP contribution in [0.25, 0.3) is 5.69 Å². The number of benzene rings is 2. The summed E-state index contributed by atoms with van der Waals surface area (Å²) in [5.41, 5.74) is 6.06. The van der Waals surface area contributed by atoms with Gasteiger partial charge in [-0.2, -0.15) is 5.10 Å². The van der Waals surface area contributed by atoms with Gasteiger partial charge in [0.1, 0.15) is 10.9 Å². The van der Waals surface area contributed by atoms with E-state index < -0.39 is 11.8 Å². The van der Waals surface area contributed by atoms with E-state index in [0.29, 0.717) is 39.9 Å². The second-order valence-electron chi connectivity index (χ2n) is 10.6. The first kappa shape index (κ1) is 26.7. The smallest absolute Gasteiger partial charge is 0.337 e. The van der Waals surface area contributed by atoms with Crippen LogP contribution in [0.2, 0.25) is 5.15 Å². The van der Waals surface area contributed by atoms with Crippen molar-refractivity contribution in [2.75, 3.05) is 5.32 Å². The predicted molar refractivity (Wildman–Crippen MR) is 159 cm³/mol. The first-order chi connectivity index (χ1) is 19.8. The third-order valence-corrected chi connectivity index (χ3v) is 8.36. The van der Waals surface area contributed by atoms with Crippen molar-refractivity contribution in [2.24, 2.45) is 5.92 Å². The van der Waals surface area contributed by atoms with E-state index >= 15 is 0 Å². The number of carbonyl (C=O) groups is 2. The van der Waals surface area contributed by atoms with Crippen molar-refractivity contribution in [1.29, 1.82) is 0 Å². The van der Waals surface area contributed by atoms with Gasteiger partial charge in [0.25, 0.3) is 5.82 Å². The zero-order chi connectivity index (χ0) is 28.7. The maximum Gasteiger partial charge on any atom is 0.337 e. The van der Waals surface area contributed by atoms with Crippen molar-refractivity contribution in [3.63, 3.8) is 0 Å². The van der Waals surface area contributed by atoms with Crippen LogP contribution in [0, 0.1) is 19.8 Å². The van der Waals surface area contributed by atoms with Crippen LogP contribution in [0.1, 0.15) is 47.6 Å². The minimum atomic E-state index is -0.624. The quantitative estimate of drug-likeness (QED) is 0.320. The molecule has 3 atom stereocenters. The van der Waals surface area contributed by atoms with Gasteiger partial charge in [-0.15, -0.1) is 0 Å². The van der Waals surface area contributed by atoms with Crippen molar-refractivity contribution >= 4 is 29.1 Å². The fraction of sp³-hybridized carbons (Fsp3) is 0.212. The maximum absolute atomic E-state index is 14.1. The van der Waals surface area contributed by atoms with E-state index in [-0.39, 0.29) is 17.6 Å². The Labute approximate surface area is 244 Å². The number of allylic oxidation sites excluding steroid dienone is 3. The second kappa shape index (κ2) is 10.8. The summed E-state index contributed by atoms with van der Waals surface area (Å²) in [6, 6.07) is 23.4. The number of aryl methyl sites for hydroxylation is 2.